The maximum absolute atomic E-state index is 12.1. The molecule has 5 nitrogen and oxygen atoms in total. The standard InChI is InChI=1S/C13H24N4O/c1-10(2)17-8-7-14-11(12(17)18)15-9-13(3,4)16(5)6/h7-8,10H,9H2,1-6H3,(H,14,15). The Labute approximate surface area is 109 Å². The Morgan fingerprint density at radius 1 is 1.44 bits per heavy atom. The van der Waals surface area contributed by atoms with Crippen LogP contribution in [0.15, 0.2) is 17.2 Å². The average molecular weight is 252 g/mol. The summed E-state index contributed by atoms with van der Waals surface area (Å²) in [4.78, 5) is 18.4. The summed E-state index contributed by atoms with van der Waals surface area (Å²) in [6, 6.07) is 0.142. The molecule has 1 aromatic rings. The zero-order valence-corrected chi connectivity index (χ0v) is 12.2. The molecule has 102 valence electrons. The fourth-order valence-electron chi connectivity index (χ4n) is 1.41. The lowest BCUT2D eigenvalue weighted by atomic mass is 10.0. The number of nitrogens with zero attached hydrogens (tertiary/aromatic N) is 3. The van der Waals surface area contributed by atoms with Crippen LogP contribution < -0.4 is 10.9 Å². The van der Waals surface area contributed by atoms with Gasteiger partial charge in [-0.3, -0.25) is 4.79 Å². The molecule has 0 fully saturated rings. The molecule has 1 aromatic heterocycles. The van der Waals surface area contributed by atoms with Gasteiger partial charge in [-0.1, -0.05) is 0 Å². The lowest BCUT2D eigenvalue weighted by molar-refractivity contribution is 0.210. The fraction of sp³-hybridized carbons (Fsp3) is 0.692. The minimum atomic E-state index is -0.0675. The molecular formula is C13H24N4O. The van der Waals surface area contributed by atoms with E-state index in [9.17, 15) is 4.79 Å². The topological polar surface area (TPSA) is 50.2 Å². The lowest BCUT2D eigenvalue weighted by Crippen LogP contribution is -2.45. The van der Waals surface area contributed by atoms with E-state index in [1.54, 1.807) is 17.0 Å². The van der Waals surface area contributed by atoms with Gasteiger partial charge in [-0.15, -0.1) is 0 Å². The lowest BCUT2D eigenvalue weighted by Gasteiger charge is -2.32. The molecule has 1 N–H and O–H groups in total. The number of hydrogen-bond acceptors (Lipinski definition) is 4. The Kier molecular flexibility index (Phi) is 4.51. The van der Waals surface area contributed by atoms with Crippen molar-refractivity contribution < 1.29 is 0 Å². The van der Waals surface area contributed by atoms with Gasteiger partial charge in [-0.2, -0.15) is 0 Å². The van der Waals surface area contributed by atoms with Gasteiger partial charge in [0.25, 0.3) is 5.56 Å². The van der Waals surface area contributed by atoms with Gasteiger partial charge >= 0.3 is 0 Å². The maximum atomic E-state index is 12.1. The van der Waals surface area contributed by atoms with Crippen LogP contribution in [-0.2, 0) is 0 Å². The highest BCUT2D eigenvalue weighted by Crippen LogP contribution is 2.10. The van der Waals surface area contributed by atoms with Gasteiger partial charge in [0.05, 0.1) is 0 Å². The van der Waals surface area contributed by atoms with Crippen LogP contribution in [0.2, 0.25) is 0 Å². The monoisotopic (exact) mass is 252 g/mol. The van der Waals surface area contributed by atoms with E-state index in [4.69, 9.17) is 0 Å². The summed E-state index contributed by atoms with van der Waals surface area (Å²) in [6.07, 6.45) is 3.38. The number of rotatable bonds is 5. The van der Waals surface area contributed by atoms with Gasteiger partial charge < -0.3 is 14.8 Å². The molecule has 0 atom stereocenters. The molecule has 5 heteroatoms. The van der Waals surface area contributed by atoms with Gasteiger partial charge in [-0.25, -0.2) is 4.98 Å². The van der Waals surface area contributed by atoms with E-state index < -0.39 is 0 Å². The Bertz CT molecular complexity index is 449. The molecular weight excluding hydrogens is 228 g/mol. The summed E-state index contributed by atoms with van der Waals surface area (Å²) < 4.78 is 1.68. The third kappa shape index (κ3) is 3.32. The molecule has 0 aliphatic heterocycles. The summed E-state index contributed by atoms with van der Waals surface area (Å²) in [5.74, 6) is 0.418. The van der Waals surface area contributed by atoms with Crippen LogP contribution in [-0.4, -0.2) is 40.6 Å². The normalized spacial score (nSPS) is 12.2. The first kappa shape index (κ1) is 14.7. The predicted octanol–water partition coefficient (Wildman–Crippen LogP) is 1.58. The molecule has 0 aromatic carbocycles. The molecule has 18 heavy (non-hydrogen) atoms. The summed E-state index contributed by atoms with van der Waals surface area (Å²) in [5.41, 5.74) is -0.103. The SMILES string of the molecule is CC(C)n1ccnc(NCC(C)(C)N(C)C)c1=O. The highest BCUT2D eigenvalue weighted by Gasteiger charge is 2.20. The van der Waals surface area contributed by atoms with Crippen molar-refractivity contribution in [3.05, 3.63) is 22.7 Å². The number of nitrogens with one attached hydrogen (secondary N) is 1. The highest BCUT2D eigenvalue weighted by atomic mass is 16.1. The second-order valence-corrected chi connectivity index (χ2v) is 5.64. The summed E-state index contributed by atoms with van der Waals surface area (Å²) in [6.45, 7) is 8.86. The first-order chi connectivity index (χ1) is 8.25. The third-order valence-corrected chi connectivity index (χ3v) is 3.32. The first-order valence-corrected chi connectivity index (χ1v) is 6.24. The fourth-order valence-corrected chi connectivity index (χ4v) is 1.41. The summed E-state index contributed by atoms with van der Waals surface area (Å²) in [7, 11) is 4.04. The maximum Gasteiger partial charge on any atom is 0.293 e. The van der Waals surface area contributed by atoms with E-state index in [2.05, 4.69) is 29.0 Å². The summed E-state index contributed by atoms with van der Waals surface area (Å²) >= 11 is 0. The van der Waals surface area contributed by atoms with Gasteiger partial charge in [0.15, 0.2) is 5.82 Å². The van der Waals surface area contributed by atoms with Crippen molar-refractivity contribution in [2.24, 2.45) is 0 Å². The van der Waals surface area contributed by atoms with Crippen LogP contribution in [0.3, 0.4) is 0 Å². The van der Waals surface area contributed by atoms with Crippen molar-refractivity contribution in [3.63, 3.8) is 0 Å². The molecule has 0 saturated heterocycles. The van der Waals surface area contributed by atoms with E-state index in [1.165, 1.54) is 0 Å². The molecule has 0 saturated carbocycles. The minimum Gasteiger partial charge on any atom is -0.364 e. The molecule has 0 spiro atoms. The van der Waals surface area contributed by atoms with Gasteiger partial charge in [-0.05, 0) is 41.8 Å². The van der Waals surface area contributed by atoms with Crippen LogP contribution in [0.5, 0.6) is 0 Å². The summed E-state index contributed by atoms with van der Waals surface area (Å²) in [5, 5.41) is 3.14. The number of hydrogen-bond donors (Lipinski definition) is 1. The Morgan fingerprint density at radius 3 is 2.56 bits per heavy atom. The molecule has 0 aliphatic carbocycles. The van der Waals surface area contributed by atoms with E-state index in [0.717, 1.165) is 0 Å². The molecule has 0 unspecified atom stereocenters. The van der Waals surface area contributed by atoms with Gasteiger partial charge in [0, 0.05) is 30.5 Å². The number of aromatic nitrogens is 2. The second kappa shape index (κ2) is 5.52. The zero-order chi connectivity index (χ0) is 13.9. The molecule has 1 heterocycles. The number of likely N-dealkylation sites (N-methyl/N-ethyl adjacent to an activating group) is 1. The van der Waals surface area contributed by atoms with Crippen LogP contribution in [0.25, 0.3) is 0 Å². The van der Waals surface area contributed by atoms with E-state index in [0.29, 0.717) is 12.4 Å². The van der Waals surface area contributed by atoms with Gasteiger partial charge in [0.1, 0.15) is 0 Å². The smallest absolute Gasteiger partial charge is 0.293 e. The van der Waals surface area contributed by atoms with E-state index in [1.807, 2.05) is 27.9 Å². The second-order valence-electron chi connectivity index (χ2n) is 5.64. The molecule has 0 aliphatic rings. The van der Waals surface area contributed by atoms with E-state index in [-0.39, 0.29) is 17.1 Å². The van der Waals surface area contributed by atoms with Crippen molar-refractivity contribution in [1.82, 2.24) is 14.5 Å². The quantitative estimate of drug-likeness (QED) is 0.864. The van der Waals surface area contributed by atoms with Crippen molar-refractivity contribution in [2.75, 3.05) is 26.0 Å². The minimum absolute atomic E-state index is 0.0351. The average Bonchev–Trinajstić information content (AvgIpc) is 2.27. The van der Waals surface area contributed by atoms with Crippen molar-refractivity contribution in [3.8, 4) is 0 Å². The van der Waals surface area contributed by atoms with Crippen LogP contribution in [0.4, 0.5) is 5.82 Å². The van der Waals surface area contributed by atoms with Crippen molar-refractivity contribution >= 4 is 5.82 Å². The predicted molar refractivity (Wildman–Crippen MR) is 75.1 cm³/mol. The van der Waals surface area contributed by atoms with Crippen molar-refractivity contribution in [2.45, 2.75) is 39.3 Å². The first-order valence-electron chi connectivity index (χ1n) is 6.24. The van der Waals surface area contributed by atoms with Crippen LogP contribution in [0.1, 0.15) is 33.7 Å². The van der Waals surface area contributed by atoms with Crippen molar-refractivity contribution in [1.29, 1.82) is 0 Å². The number of anilines is 1. The Balaban J connectivity index is 2.87. The molecule has 0 bridgehead atoms. The third-order valence-electron chi connectivity index (χ3n) is 3.32. The van der Waals surface area contributed by atoms with Gasteiger partial charge in [0.2, 0.25) is 0 Å². The highest BCUT2D eigenvalue weighted by molar-refractivity contribution is 5.31. The van der Waals surface area contributed by atoms with Crippen LogP contribution >= 0.6 is 0 Å². The van der Waals surface area contributed by atoms with E-state index >= 15 is 0 Å². The molecule has 0 radical (unpaired) electrons. The largest absolute Gasteiger partial charge is 0.364 e. The Hall–Kier alpha value is -1.36. The Morgan fingerprint density at radius 2 is 2.06 bits per heavy atom. The van der Waals surface area contributed by atoms with Crippen LogP contribution in [0, 0.1) is 0 Å². The molecule has 0 amide bonds. The molecule has 1 rings (SSSR count). The zero-order valence-electron chi connectivity index (χ0n) is 12.2.